The summed E-state index contributed by atoms with van der Waals surface area (Å²) in [6, 6.07) is 12.5. The second kappa shape index (κ2) is 9.70. The van der Waals surface area contributed by atoms with E-state index in [-0.39, 0.29) is 18.8 Å². The van der Waals surface area contributed by atoms with Gasteiger partial charge < -0.3 is 9.47 Å². The molecule has 2 aromatic carbocycles. The molecule has 0 spiro atoms. The van der Waals surface area contributed by atoms with E-state index in [1.54, 1.807) is 62.4 Å². The summed E-state index contributed by atoms with van der Waals surface area (Å²) >= 11 is 9.32. The second-order valence-electron chi connectivity index (χ2n) is 7.13. The van der Waals surface area contributed by atoms with Crippen molar-refractivity contribution in [1.29, 1.82) is 0 Å². The summed E-state index contributed by atoms with van der Waals surface area (Å²) in [5.74, 6) is -0.530. The lowest BCUT2D eigenvalue weighted by molar-refractivity contribution is -0.150. The van der Waals surface area contributed by atoms with Gasteiger partial charge in [0.15, 0.2) is 0 Å². The summed E-state index contributed by atoms with van der Waals surface area (Å²) in [6.07, 6.45) is -0.884. The molecule has 0 saturated heterocycles. The number of hydrazone groups is 1. The molecule has 0 bridgehead atoms. The van der Waals surface area contributed by atoms with Crippen LogP contribution in [-0.2, 0) is 14.3 Å². The summed E-state index contributed by atoms with van der Waals surface area (Å²) < 4.78 is 10.9. The lowest BCUT2D eigenvalue weighted by Gasteiger charge is -2.26. The predicted molar refractivity (Wildman–Crippen MR) is 124 cm³/mol. The predicted octanol–water partition coefficient (Wildman–Crippen LogP) is 5.08. The van der Waals surface area contributed by atoms with Gasteiger partial charge in [-0.15, -0.1) is 0 Å². The van der Waals surface area contributed by atoms with Crippen LogP contribution in [0.5, 0.6) is 0 Å². The Labute approximate surface area is 198 Å². The molecule has 2 aromatic rings. The maximum absolute atomic E-state index is 13.4. The number of hydrogen-bond acceptors (Lipinski definition) is 6. The molecule has 1 atom stereocenters. The Hall–Kier alpha value is -2.91. The molecule has 1 aliphatic rings. The Balaban J connectivity index is 2.04. The van der Waals surface area contributed by atoms with E-state index in [0.29, 0.717) is 16.3 Å². The number of esters is 1. The minimum atomic E-state index is -1.25. The molecule has 8 nitrogen and oxygen atoms in total. The summed E-state index contributed by atoms with van der Waals surface area (Å²) in [7, 11) is 1.18. The maximum atomic E-state index is 13.4. The molecule has 0 radical (unpaired) electrons. The summed E-state index contributed by atoms with van der Waals surface area (Å²) in [6.45, 7) is 3.40. The van der Waals surface area contributed by atoms with Crippen molar-refractivity contribution in [2.24, 2.45) is 10.5 Å². The first-order chi connectivity index (χ1) is 15.2. The van der Waals surface area contributed by atoms with Crippen molar-refractivity contribution >= 4 is 57.0 Å². The van der Waals surface area contributed by atoms with E-state index in [1.807, 2.05) is 0 Å². The number of halogens is 2. The van der Waals surface area contributed by atoms with Crippen LogP contribution in [0, 0.1) is 5.41 Å². The first-order valence-electron chi connectivity index (χ1n) is 9.68. The summed E-state index contributed by atoms with van der Waals surface area (Å²) in [5, 5.41) is 6.01. The highest BCUT2D eigenvalue weighted by Crippen LogP contribution is 2.34. The van der Waals surface area contributed by atoms with Crippen LogP contribution >= 0.6 is 27.5 Å². The molecule has 10 heteroatoms. The largest absolute Gasteiger partial charge is 0.465 e. The van der Waals surface area contributed by atoms with Gasteiger partial charge in [-0.1, -0.05) is 39.7 Å². The molecule has 1 aliphatic heterocycles. The van der Waals surface area contributed by atoms with Crippen LogP contribution in [0.2, 0.25) is 5.02 Å². The Kier molecular flexibility index (Phi) is 7.20. The molecule has 0 fully saturated rings. The van der Waals surface area contributed by atoms with Crippen LogP contribution < -0.4 is 4.90 Å². The number of amides is 3. The SMILES string of the molecule is CCOC(=O)C1(C)CN(C(=O)N(C(=O)OC)c2ccc(Br)cc2)N=C1c1ccc(Cl)cc1. The molecule has 1 heterocycles. The number of carbonyl (C=O) groups is 3. The van der Waals surface area contributed by atoms with Gasteiger partial charge in [-0.2, -0.15) is 10.0 Å². The standard InChI is InChI=1S/C22H21BrClN3O5/c1-4-32-19(28)22(2)13-26(25-18(22)14-5-9-16(24)10-6-14)20(29)27(21(30)31-3)17-11-7-15(23)8-12-17/h5-12H,4,13H2,1-3H3. The number of imide groups is 1. The number of anilines is 1. The lowest BCUT2D eigenvalue weighted by Crippen LogP contribution is -2.47. The molecular weight excluding hydrogens is 502 g/mol. The molecule has 3 rings (SSSR count). The van der Waals surface area contributed by atoms with Crippen molar-refractivity contribution in [2.45, 2.75) is 13.8 Å². The fourth-order valence-electron chi connectivity index (χ4n) is 3.28. The number of hydrogen-bond donors (Lipinski definition) is 0. The van der Waals surface area contributed by atoms with Crippen molar-refractivity contribution in [3.63, 3.8) is 0 Å². The number of methoxy groups -OCH3 is 1. The van der Waals surface area contributed by atoms with Gasteiger partial charge in [0.2, 0.25) is 0 Å². The smallest absolute Gasteiger partial charge is 0.422 e. The highest BCUT2D eigenvalue weighted by Gasteiger charge is 2.49. The van der Waals surface area contributed by atoms with Crippen LogP contribution in [0.1, 0.15) is 19.4 Å². The lowest BCUT2D eigenvalue weighted by atomic mass is 9.82. The van der Waals surface area contributed by atoms with Gasteiger partial charge in [-0.05, 0) is 55.8 Å². The molecule has 168 valence electrons. The average molecular weight is 523 g/mol. The van der Waals surface area contributed by atoms with Crippen LogP contribution in [0.3, 0.4) is 0 Å². The Morgan fingerprint density at radius 3 is 2.34 bits per heavy atom. The molecule has 3 amide bonds. The summed E-state index contributed by atoms with van der Waals surface area (Å²) in [5.41, 5.74) is -0.0193. The second-order valence-corrected chi connectivity index (χ2v) is 8.48. The number of nitrogens with zero attached hydrogens (tertiary/aromatic N) is 3. The van der Waals surface area contributed by atoms with E-state index in [2.05, 4.69) is 21.0 Å². The molecule has 0 aromatic heterocycles. The van der Waals surface area contributed by atoms with Gasteiger partial charge in [0, 0.05) is 9.50 Å². The average Bonchev–Trinajstić information content (AvgIpc) is 3.14. The minimum Gasteiger partial charge on any atom is -0.465 e. The molecule has 1 unspecified atom stereocenters. The maximum Gasteiger partial charge on any atom is 0.422 e. The monoisotopic (exact) mass is 521 g/mol. The van der Waals surface area contributed by atoms with Crippen LogP contribution in [-0.4, -0.2) is 49.1 Å². The van der Waals surface area contributed by atoms with E-state index in [4.69, 9.17) is 21.1 Å². The minimum absolute atomic E-state index is 0.118. The van der Waals surface area contributed by atoms with Gasteiger partial charge in [-0.3, -0.25) is 4.79 Å². The van der Waals surface area contributed by atoms with Gasteiger partial charge in [-0.25, -0.2) is 14.6 Å². The zero-order chi connectivity index (χ0) is 23.5. The van der Waals surface area contributed by atoms with E-state index in [9.17, 15) is 14.4 Å². The first-order valence-corrected chi connectivity index (χ1v) is 10.9. The number of ether oxygens (including phenoxy) is 2. The van der Waals surface area contributed by atoms with Gasteiger partial charge in [0.25, 0.3) is 0 Å². The first kappa shape index (κ1) is 23.7. The van der Waals surface area contributed by atoms with Crippen LogP contribution in [0.25, 0.3) is 0 Å². The van der Waals surface area contributed by atoms with Crippen LogP contribution in [0.4, 0.5) is 15.3 Å². The zero-order valence-electron chi connectivity index (χ0n) is 17.7. The molecule has 32 heavy (non-hydrogen) atoms. The number of urea groups is 1. The number of benzene rings is 2. The quantitative estimate of drug-likeness (QED) is 0.522. The third-order valence-corrected chi connectivity index (χ3v) is 5.69. The highest BCUT2D eigenvalue weighted by molar-refractivity contribution is 9.10. The van der Waals surface area contributed by atoms with Crippen molar-refractivity contribution < 1.29 is 23.9 Å². The van der Waals surface area contributed by atoms with Crippen LogP contribution in [0.15, 0.2) is 58.1 Å². The normalized spacial score (nSPS) is 17.5. The van der Waals surface area contributed by atoms with E-state index in [1.165, 1.54) is 7.11 Å². The Morgan fingerprint density at radius 1 is 1.16 bits per heavy atom. The Morgan fingerprint density at radius 2 is 1.78 bits per heavy atom. The van der Waals surface area contributed by atoms with E-state index < -0.39 is 23.5 Å². The zero-order valence-corrected chi connectivity index (χ0v) is 20.0. The van der Waals surface area contributed by atoms with Crippen molar-refractivity contribution in [3.05, 3.63) is 63.6 Å². The van der Waals surface area contributed by atoms with E-state index >= 15 is 0 Å². The fourth-order valence-corrected chi connectivity index (χ4v) is 3.67. The van der Waals surface area contributed by atoms with E-state index in [0.717, 1.165) is 14.4 Å². The third-order valence-electron chi connectivity index (χ3n) is 4.91. The topological polar surface area (TPSA) is 88.5 Å². The van der Waals surface area contributed by atoms with Crippen molar-refractivity contribution in [3.8, 4) is 0 Å². The number of carbonyl (C=O) groups excluding carboxylic acids is 3. The Bertz CT molecular complexity index is 1060. The molecule has 0 saturated carbocycles. The highest BCUT2D eigenvalue weighted by atomic mass is 79.9. The number of rotatable bonds is 4. The molecule has 0 N–H and O–H groups in total. The van der Waals surface area contributed by atoms with Gasteiger partial charge in [0.1, 0.15) is 5.41 Å². The van der Waals surface area contributed by atoms with Gasteiger partial charge >= 0.3 is 18.1 Å². The molecule has 0 aliphatic carbocycles. The van der Waals surface area contributed by atoms with Crippen molar-refractivity contribution in [2.75, 3.05) is 25.2 Å². The molecular formula is C22H21BrClN3O5. The fraction of sp³-hybridized carbons (Fsp3) is 0.273. The summed E-state index contributed by atoms with van der Waals surface area (Å²) in [4.78, 5) is 39.6. The van der Waals surface area contributed by atoms with Gasteiger partial charge in [0.05, 0.1) is 31.7 Å². The van der Waals surface area contributed by atoms with Crippen molar-refractivity contribution in [1.82, 2.24) is 5.01 Å². The third kappa shape index (κ3) is 4.63.